The molecule has 17 heavy (non-hydrogen) atoms. The van der Waals surface area contributed by atoms with E-state index in [4.69, 9.17) is 0 Å². The summed E-state index contributed by atoms with van der Waals surface area (Å²) in [6.45, 7) is 2.26. The second-order valence-electron chi connectivity index (χ2n) is 4.41. The molecular formula is C12H17NO3S. The number of aliphatic hydroxyl groups is 1. The smallest absolute Gasteiger partial charge is 0.243 e. The predicted octanol–water partition coefficient (Wildman–Crippen LogP) is 1.14. The molecule has 1 atom stereocenters. The normalized spacial score (nSPS) is 21.9. The minimum absolute atomic E-state index is 0.106. The number of benzene rings is 1. The lowest BCUT2D eigenvalue weighted by atomic mass is 10.2. The Hall–Kier alpha value is -0.910. The molecule has 1 N–H and O–H groups in total. The van der Waals surface area contributed by atoms with Gasteiger partial charge < -0.3 is 5.11 Å². The molecule has 0 unspecified atom stereocenters. The molecule has 1 heterocycles. The van der Waals surface area contributed by atoms with Crippen LogP contribution in [0.3, 0.4) is 0 Å². The van der Waals surface area contributed by atoms with Gasteiger partial charge in [0.2, 0.25) is 10.0 Å². The van der Waals surface area contributed by atoms with Gasteiger partial charge in [0, 0.05) is 12.6 Å². The van der Waals surface area contributed by atoms with Gasteiger partial charge in [0.15, 0.2) is 0 Å². The van der Waals surface area contributed by atoms with Crippen molar-refractivity contribution in [2.45, 2.75) is 30.7 Å². The zero-order valence-electron chi connectivity index (χ0n) is 9.83. The molecule has 0 aliphatic carbocycles. The van der Waals surface area contributed by atoms with Gasteiger partial charge in [-0.05, 0) is 37.5 Å². The van der Waals surface area contributed by atoms with Crippen LogP contribution in [0.1, 0.15) is 18.4 Å². The highest BCUT2D eigenvalue weighted by Gasteiger charge is 2.34. The number of nitrogens with zero attached hydrogens (tertiary/aromatic N) is 1. The fourth-order valence-electron chi connectivity index (χ4n) is 2.22. The number of sulfonamides is 1. The molecule has 0 aromatic heterocycles. The fraction of sp³-hybridized carbons (Fsp3) is 0.500. The molecule has 0 spiro atoms. The summed E-state index contributed by atoms with van der Waals surface area (Å²) in [5.74, 6) is 0. The summed E-state index contributed by atoms with van der Waals surface area (Å²) in [6.07, 6.45) is 1.55. The molecule has 0 radical (unpaired) electrons. The molecule has 1 aliphatic rings. The maximum atomic E-state index is 12.4. The number of hydrogen-bond donors (Lipinski definition) is 1. The van der Waals surface area contributed by atoms with Gasteiger partial charge >= 0.3 is 0 Å². The SMILES string of the molecule is Cc1cccc(S(=O)(=O)N2CCC[C@@H]2CO)c1. The van der Waals surface area contributed by atoms with Crippen molar-refractivity contribution in [1.82, 2.24) is 4.31 Å². The second-order valence-corrected chi connectivity index (χ2v) is 6.30. The third kappa shape index (κ3) is 2.36. The minimum atomic E-state index is -3.45. The van der Waals surface area contributed by atoms with Gasteiger partial charge in [-0.3, -0.25) is 0 Å². The van der Waals surface area contributed by atoms with Crippen molar-refractivity contribution in [3.8, 4) is 0 Å². The van der Waals surface area contributed by atoms with E-state index in [1.807, 2.05) is 13.0 Å². The van der Waals surface area contributed by atoms with Crippen molar-refractivity contribution in [1.29, 1.82) is 0 Å². The second kappa shape index (κ2) is 4.76. The first-order valence-electron chi connectivity index (χ1n) is 5.75. The van der Waals surface area contributed by atoms with Crippen LogP contribution in [0, 0.1) is 6.92 Å². The number of rotatable bonds is 3. The summed E-state index contributed by atoms with van der Waals surface area (Å²) in [6, 6.07) is 6.62. The van der Waals surface area contributed by atoms with Crippen LogP contribution in [0.25, 0.3) is 0 Å². The van der Waals surface area contributed by atoms with E-state index in [1.165, 1.54) is 4.31 Å². The zero-order chi connectivity index (χ0) is 12.5. The summed E-state index contributed by atoms with van der Waals surface area (Å²) < 4.78 is 26.2. The lowest BCUT2D eigenvalue weighted by Crippen LogP contribution is -2.37. The van der Waals surface area contributed by atoms with Crippen LogP contribution in [-0.2, 0) is 10.0 Å². The average molecular weight is 255 g/mol. The molecule has 0 amide bonds. The average Bonchev–Trinajstić information content (AvgIpc) is 2.77. The zero-order valence-corrected chi connectivity index (χ0v) is 10.7. The molecule has 2 rings (SSSR count). The molecule has 5 heteroatoms. The van der Waals surface area contributed by atoms with Crippen molar-refractivity contribution in [3.63, 3.8) is 0 Å². The van der Waals surface area contributed by atoms with Gasteiger partial charge in [-0.25, -0.2) is 8.42 Å². The van der Waals surface area contributed by atoms with Gasteiger partial charge in [0.1, 0.15) is 0 Å². The Kier molecular flexibility index (Phi) is 3.51. The highest BCUT2D eigenvalue weighted by molar-refractivity contribution is 7.89. The summed E-state index contributed by atoms with van der Waals surface area (Å²) in [7, 11) is -3.45. The van der Waals surface area contributed by atoms with Crippen molar-refractivity contribution in [2.24, 2.45) is 0 Å². The third-order valence-corrected chi connectivity index (χ3v) is 5.08. The van der Waals surface area contributed by atoms with Crippen LogP contribution in [0.5, 0.6) is 0 Å². The van der Waals surface area contributed by atoms with Crippen molar-refractivity contribution in [2.75, 3.05) is 13.2 Å². The molecule has 0 bridgehead atoms. The van der Waals surface area contributed by atoms with Crippen LogP contribution in [0.2, 0.25) is 0 Å². The first-order valence-corrected chi connectivity index (χ1v) is 7.19. The van der Waals surface area contributed by atoms with Gasteiger partial charge in [-0.2, -0.15) is 4.31 Å². The molecule has 1 aromatic rings. The summed E-state index contributed by atoms with van der Waals surface area (Å²) in [5.41, 5.74) is 0.922. The molecule has 94 valence electrons. The van der Waals surface area contributed by atoms with E-state index in [1.54, 1.807) is 18.2 Å². The van der Waals surface area contributed by atoms with E-state index in [0.717, 1.165) is 18.4 Å². The molecule has 4 nitrogen and oxygen atoms in total. The third-order valence-electron chi connectivity index (χ3n) is 3.13. The number of hydrogen-bond acceptors (Lipinski definition) is 3. The van der Waals surface area contributed by atoms with E-state index in [0.29, 0.717) is 11.4 Å². The van der Waals surface area contributed by atoms with Gasteiger partial charge in [0.05, 0.1) is 11.5 Å². The van der Waals surface area contributed by atoms with E-state index in [9.17, 15) is 13.5 Å². The van der Waals surface area contributed by atoms with E-state index in [-0.39, 0.29) is 12.6 Å². The van der Waals surface area contributed by atoms with Gasteiger partial charge in [-0.15, -0.1) is 0 Å². The van der Waals surface area contributed by atoms with Crippen molar-refractivity contribution >= 4 is 10.0 Å². The quantitative estimate of drug-likeness (QED) is 0.881. The predicted molar refractivity (Wildman–Crippen MR) is 65.2 cm³/mol. The largest absolute Gasteiger partial charge is 0.395 e. The molecule has 1 fully saturated rings. The van der Waals surface area contributed by atoms with Gasteiger partial charge in [-0.1, -0.05) is 12.1 Å². The van der Waals surface area contributed by atoms with Crippen LogP contribution in [0.15, 0.2) is 29.2 Å². The monoisotopic (exact) mass is 255 g/mol. The Morgan fingerprint density at radius 2 is 2.24 bits per heavy atom. The Bertz CT molecular complexity index is 498. The Morgan fingerprint density at radius 1 is 1.47 bits per heavy atom. The van der Waals surface area contributed by atoms with Gasteiger partial charge in [0.25, 0.3) is 0 Å². The lowest BCUT2D eigenvalue weighted by molar-refractivity contribution is 0.213. The lowest BCUT2D eigenvalue weighted by Gasteiger charge is -2.22. The van der Waals surface area contributed by atoms with Crippen molar-refractivity contribution in [3.05, 3.63) is 29.8 Å². The highest BCUT2D eigenvalue weighted by Crippen LogP contribution is 2.25. The van der Waals surface area contributed by atoms with Crippen LogP contribution in [-0.4, -0.2) is 37.0 Å². The maximum absolute atomic E-state index is 12.4. The number of aliphatic hydroxyl groups excluding tert-OH is 1. The Morgan fingerprint density at radius 3 is 2.88 bits per heavy atom. The molecule has 1 saturated heterocycles. The Balaban J connectivity index is 2.36. The fourth-order valence-corrected chi connectivity index (χ4v) is 4.01. The summed E-state index contributed by atoms with van der Waals surface area (Å²) in [4.78, 5) is 0.317. The van der Waals surface area contributed by atoms with E-state index >= 15 is 0 Å². The first-order chi connectivity index (χ1) is 8.05. The molecule has 1 aromatic carbocycles. The molecular weight excluding hydrogens is 238 g/mol. The maximum Gasteiger partial charge on any atom is 0.243 e. The van der Waals surface area contributed by atoms with Crippen LogP contribution in [0.4, 0.5) is 0 Å². The first kappa shape index (κ1) is 12.5. The number of aryl methyl sites for hydroxylation is 1. The topological polar surface area (TPSA) is 57.6 Å². The van der Waals surface area contributed by atoms with E-state index in [2.05, 4.69) is 0 Å². The Labute approximate surface area is 102 Å². The summed E-state index contributed by atoms with van der Waals surface area (Å²) in [5, 5.41) is 9.20. The van der Waals surface area contributed by atoms with Crippen molar-refractivity contribution < 1.29 is 13.5 Å². The highest BCUT2D eigenvalue weighted by atomic mass is 32.2. The van der Waals surface area contributed by atoms with E-state index < -0.39 is 10.0 Å². The van der Waals surface area contributed by atoms with Crippen LogP contribution < -0.4 is 0 Å². The summed E-state index contributed by atoms with van der Waals surface area (Å²) >= 11 is 0. The molecule has 1 aliphatic heterocycles. The minimum Gasteiger partial charge on any atom is -0.395 e. The standard InChI is InChI=1S/C12H17NO3S/c1-10-4-2-6-12(8-10)17(15,16)13-7-3-5-11(13)9-14/h2,4,6,8,11,14H,3,5,7,9H2,1H3/t11-/m1/s1. The molecule has 0 saturated carbocycles. The van der Waals surface area contributed by atoms with Crippen LogP contribution >= 0.6 is 0 Å².